The van der Waals surface area contributed by atoms with Gasteiger partial charge in [0.1, 0.15) is 15.9 Å². The van der Waals surface area contributed by atoms with Gasteiger partial charge in [-0.3, -0.25) is 9.52 Å². The number of hydrogen-bond donors (Lipinski definition) is 2. The Kier molecular flexibility index (Phi) is 3.89. The van der Waals surface area contributed by atoms with Crippen molar-refractivity contribution in [2.45, 2.75) is 23.8 Å². The highest BCUT2D eigenvalue weighted by atomic mass is 32.2. The van der Waals surface area contributed by atoms with E-state index in [1.807, 2.05) is 0 Å². The summed E-state index contributed by atoms with van der Waals surface area (Å²) < 4.78 is 36.3. The topological polar surface area (TPSA) is 101 Å². The van der Waals surface area contributed by atoms with Crippen LogP contribution in [0.25, 0.3) is 11.0 Å². The van der Waals surface area contributed by atoms with Crippen LogP contribution in [0.5, 0.6) is 0 Å². The number of benzene rings is 2. The third-order valence-electron chi connectivity index (χ3n) is 3.87. The zero-order valence-corrected chi connectivity index (χ0v) is 14.6. The first-order valence-corrected chi connectivity index (χ1v) is 9.90. The molecule has 9 heteroatoms. The number of amides is 1. The molecule has 0 radical (unpaired) electrons. The van der Waals surface area contributed by atoms with E-state index in [1.165, 1.54) is 6.07 Å². The molecule has 1 heterocycles. The first-order chi connectivity index (χ1) is 12.0. The van der Waals surface area contributed by atoms with Crippen molar-refractivity contribution in [2.75, 3.05) is 4.72 Å². The second-order valence-electron chi connectivity index (χ2n) is 5.79. The van der Waals surface area contributed by atoms with Crippen molar-refractivity contribution < 1.29 is 13.2 Å². The summed E-state index contributed by atoms with van der Waals surface area (Å²) in [5.74, 6) is -0.283. The van der Waals surface area contributed by atoms with Gasteiger partial charge < -0.3 is 5.32 Å². The molecule has 0 aliphatic heterocycles. The third kappa shape index (κ3) is 3.20. The first-order valence-electron chi connectivity index (χ1n) is 7.68. The van der Waals surface area contributed by atoms with Crippen molar-refractivity contribution in [1.82, 2.24) is 14.1 Å². The van der Waals surface area contributed by atoms with Gasteiger partial charge in [0, 0.05) is 6.04 Å². The molecule has 1 aliphatic rings. The van der Waals surface area contributed by atoms with Gasteiger partial charge in [-0.1, -0.05) is 18.2 Å². The van der Waals surface area contributed by atoms with Crippen LogP contribution in [0.1, 0.15) is 23.2 Å². The minimum absolute atomic E-state index is 0.0381. The summed E-state index contributed by atoms with van der Waals surface area (Å²) in [5, 5.41) is 2.87. The van der Waals surface area contributed by atoms with E-state index in [9.17, 15) is 13.2 Å². The number of carbonyl (C=O) groups excluding carboxylic acids is 1. The normalized spacial score (nSPS) is 14.4. The fraction of sp³-hybridized carbons (Fsp3) is 0.188. The third-order valence-corrected chi connectivity index (χ3v) is 5.81. The Labute approximate surface area is 148 Å². The number of carbonyl (C=O) groups is 1. The highest BCUT2D eigenvalue weighted by Gasteiger charge is 2.26. The Bertz CT molecular complexity index is 1060. The summed E-state index contributed by atoms with van der Waals surface area (Å²) >= 11 is 0.955. The quantitative estimate of drug-likeness (QED) is 0.714. The largest absolute Gasteiger partial charge is 0.349 e. The molecule has 0 atom stereocenters. The van der Waals surface area contributed by atoms with Crippen LogP contribution in [0.2, 0.25) is 0 Å². The molecule has 0 spiro atoms. The number of nitrogens with zero attached hydrogens (tertiary/aromatic N) is 2. The Hall–Kier alpha value is -2.52. The van der Waals surface area contributed by atoms with Gasteiger partial charge in [0.05, 0.1) is 23.0 Å². The molecule has 1 amide bonds. The number of rotatable bonds is 5. The number of para-hydroxylation sites is 1. The number of fused-ring (bicyclic) bond motifs is 1. The zero-order chi connectivity index (χ0) is 17.4. The van der Waals surface area contributed by atoms with E-state index in [-0.39, 0.29) is 22.5 Å². The number of anilines is 1. The lowest BCUT2D eigenvalue weighted by molar-refractivity contribution is 0.0952. The lowest BCUT2D eigenvalue weighted by Crippen LogP contribution is -2.27. The van der Waals surface area contributed by atoms with Gasteiger partial charge in [0.25, 0.3) is 15.9 Å². The molecule has 4 rings (SSSR count). The maximum Gasteiger partial charge on any atom is 0.264 e. The maximum absolute atomic E-state index is 12.8. The molecule has 7 nitrogen and oxygen atoms in total. The Morgan fingerprint density at radius 2 is 1.88 bits per heavy atom. The second-order valence-corrected chi connectivity index (χ2v) is 7.97. The second kappa shape index (κ2) is 6.08. The number of sulfonamides is 1. The molecule has 2 N–H and O–H groups in total. The van der Waals surface area contributed by atoms with E-state index in [1.54, 1.807) is 36.4 Å². The summed E-state index contributed by atoms with van der Waals surface area (Å²) in [5.41, 5.74) is 1.37. The van der Waals surface area contributed by atoms with Crippen LogP contribution in [0.4, 0.5) is 5.69 Å². The van der Waals surface area contributed by atoms with E-state index in [2.05, 4.69) is 18.8 Å². The van der Waals surface area contributed by atoms with Gasteiger partial charge in [-0.15, -0.1) is 0 Å². The van der Waals surface area contributed by atoms with Crippen LogP contribution in [0.15, 0.2) is 47.4 Å². The van der Waals surface area contributed by atoms with E-state index in [0.717, 1.165) is 24.6 Å². The van der Waals surface area contributed by atoms with E-state index in [0.29, 0.717) is 16.6 Å². The minimum Gasteiger partial charge on any atom is -0.349 e. The van der Waals surface area contributed by atoms with Crippen LogP contribution >= 0.6 is 11.7 Å². The molecular weight excluding hydrogens is 360 g/mol. The van der Waals surface area contributed by atoms with Gasteiger partial charge >= 0.3 is 0 Å². The lowest BCUT2D eigenvalue weighted by Gasteiger charge is -2.12. The van der Waals surface area contributed by atoms with Crippen molar-refractivity contribution in [3.63, 3.8) is 0 Å². The summed E-state index contributed by atoms with van der Waals surface area (Å²) in [6.07, 6.45) is 1.91. The number of hydrogen-bond acceptors (Lipinski definition) is 6. The predicted molar refractivity (Wildman–Crippen MR) is 95.2 cm³/mol. The smallest absolute Gasteiger partial charge is 0.264 e. The summed E-state index contributed by atoms with van der Waals surface area (Å²) in [4.78, 5) is 12.4. The lowest BCUT2D eigenvalue weighted by atomic mass is 10.1. The fourth-order valence-electron chi connectivity index (χ4n) is 2.46. The molecule has 2 aromatic carbocycles. The fourth-order valence-corrected chi connectivity index (χ4v) is 4.31. The van der Waals surface area contributed by atoms with Crippen LogP contribution in [-0.2, 0) is 10.0 Å². The van der Waals surface area contributed by atoms with E-state index in [4.69, 9.17) is 0 Å². The van der Waals surface area contributed by atoms with Gasteiger partial charge in [-0.2, -0.15) is 8.75 Å². The molecule has 128 valence electrons. The van der Waals surface area contributed by atoms with Crippen LogP contribution in [-0.4, -0.2) is 29.1 Å². The molecule has 1 aromatic heterocycles. The average molecular weight is 374 g/mol. The standard InChI is InChI=1S/C16H14N4O3S2/c21-16(17-10-8-9-10)11-4-1-2-5-12(11)20-25(22,23)14-7-3-6-13-15(14)19-24-18-13/h1-7,10,20H,8-9H2,(H,17,21). The molecule has 1 aliphatic carbocycles. The van der Waals surface area contributed by atoms with Crippen LogP contribution < -0.4 is 10.0 Å². The molecule has 0 saturated heterocycles. The minimum atomic E-state index is -3.90. The van der Waals surface area contributed by atoms with Crippen molar-refractivity contribution >= 4 is 44.4 Å². The van der Waals surface area contributed by atoms with Gasteiger partial charge in [0.2, 0.25) is 0 Å². The van der Waals surface area contributed by atoms with E-state index >= 15 is 0 Å². The SMILES string of the molecule is O=C(NC1CC1)c1ccccc1NS(=O)(=O)c1cccc2nsnc12. The van der Waals surface area contributed by atoms with E-state index < -0.39 is 10.0 Å². The monoisotopic (exact) mass is 374 g/mol. The van der Waals surface area contributed by atoms with Gasteiger partial charge in [-0.05, 0) is 37.1 Å². The first kappa shape index (κ1) is 16.0. The molecule has 0 unspecified atom stereocenters. The highest BCUT2D eigenvalue weighted by molar-refractivity contribution is 7.93. The van der Waals surface area contributed by atoms with Crippen LogP contribution in [0, 0.1) is 0 Å². The Morgan fingerprint density at radius 1 is 1.08 bits per heavy atom. The zero-order valence-electron chi connectivity index (χ0n) is 13.0. The Balaban J connectivity index is 1.69. The van der Waals surface area contributed by atoms with Crippen LogP contribution in [0.3, 0.4) is 0 Å². The predicted octanol–water partition coefficient (Wildman–Crippen LogP) is 2.38. The average Bonchev–Trinajstić information content (AvgIpc) is 3.27. The van der Waals surface area contributed by atoms with Gasteiger partial charge in [-0.25, -0.2) is 8.42 Å². The molecular formula is C16H14N4O3S2. The number of aromatic nitrogens is 2. The number of nitrogens with one attached hydrogen (secondary N) is 2. The van der Waals surface area contributed by atoms with Crippen molar-refractivity contribution in [1.29, 1.82) is 0 Å². The summed E-state index contributed by atoms with van der Waals surface area (Å²) in [6, 6.07) is 11.5. The highest BCUT2D eigenvalue weighted by Crippen LogP contribution is 2.26. The molecule has 0 bridgehead atoms. The summed E-state index contributed by atoms with van der Waals surface area (Å²) in [7, 11) is -3.90. The molecule has 3 aromatic rings. The van der Waals surface area contributed by atoms with Crippen molar-refractivity contribution in [3.8, 4) is 0 Å². The van der Waals surface area contributed by atoms with Gasteiger partial charge in [0.15, 0.2) is 0 Å². The molecule has 1 saturated carbocycles. The Morgan fingerprint density at radius 3 is 2.68 bits per heavy atom. The maximum atomic E-state index is 12.8. The van der Waals surface area contributed by atoms with Crippen molar-refractivity contribution in [3.05, 3.63) is 48.0 Å². The molecule has 25 heavy (non-hydrogen) atoms. The summed E-state index contributed by atoms with van der Waals surface area (Å²) in [6.45, 7) is 0. The van der Waals surface area contributed by atoms with Crippen molar-refractivity contribution in [2.24, 2.45) is 0 Å². The molecule has 1 fully saturated rings.